The largest absolute Gasteiger partial charge is 0.353 e. The van der Waals surface area contributed by atoms with E-state index in [1.807, 2.05) is 18.2 Å². The Morgan fingerprint density at radius 2 is 1.90 bits per heavy atom. The molecule has 1 fully saturated rings. The number of hydrogen-bond acceptors (Lipinski definition) is 2. The highest BCUT2D eigenvalue weighted by molar-refractivity contribution is 5.78. The van der Waals surface area contributed by atoms with Gasteiger partial charge in [0.05, 0.1) is 0 Å². The van der Waals surface area contributed by atoms with Crippen LogP contribution in [0.5, 0.6) is 0 Å². The number of amides is 2. The van der Waals surface area contributed by atoms with Crippen LogP contribution in [0, 0.1) is 0 Å². The lowest BCUT2D eigenvalue weighted by Gasteiger charge is -2.20. The van der Waals surface area contributed by atoms with Crippen molar-refractivity contribution in [3.8, 4) is 0 Å². The van der Waals surface area contributed by atoms with Gasteiger partial charge in [0.15, 0.2) is 0 Å². The van der Waals surface area contributed by atoms with E-state index in [1.165, 1.54) is 5.56 Å². The second kappa shape index (κ2) is 7.81. The summed E-state index contributed by atoms with van der Waals surface area (Å²) in [7, 11) is 0. The second-order valence-electron chi connectivity index (χ2n) is 5.69. The highest BCUT2D eigenvalue weighted by Gasteiger charge is 2.23. The number of nitrogens with one attached hydrogen (secondary N) is 1. The Morgan fingerprint density at radius 1 is 1.19 bits per heavy atom. The molecule has 1 N–H and O–H groups in total. The molecule has 0 aromatic heterocycles. The van der Waals surface area contributed by atoms with E-state index in [-0.39, 0.29) is 11.8 Å². The molecule has 21 heavy (non-hydrogen) atoms. The summed E-state index contributed by atoms with van der Waals surface area (Å²) in [5.74, 6) is 0.106. The Kier molecular flexibility index (Phi) is 5.78. The Bertz CT molecular complexity index is 469. The Hall–Kier alpha value is -1.84. The van der Waals surface area contributed by atoms with Gasteiger partial charge in [0.1, 0.15) is 0 Å². The van der Waals surface area contributed by atoms with Crippen molar-refractivity contribution >= 4 is 11.8 Å². The minimum Gasteiger partial charge on any atom is -0.353 e. The van der Waals surface area contributed by atoms with Crippen LogP contribution in [0.1, 0.15) is 38.2 Å². The molecule has 2 amide bonds. The standard InChI is InChI=1S/C17H24N2O2/c1-14(20)19(13-11-17(21)18-16-9-10-16)12-5-8-15-6-3-2-4-7-15/h2-4,6-7,16H,5,8-13H2,1H3,(H,18,21). The molecular formula is C17H24N2O2. The summed E-state index contributed by atoms with van der Waals surface area (Å²) < 4.78 is 0. The van der Waals surface area contributed by atoms with Crippen LogP contribution in [0.3, 0.4) is 0 Å². The summed E-state index contributed by atoms with van der Waals surface area (Å²) in [6.07, 6.45) is 4.48. The lowest BCUT2D eigenvalue weighted by molar-refractivity contribution is -0.129. The summed E-state index contributed by atoms with van der Waals surface area (Å²) in [6.45, 7) is 2.80. The smallest absolute Gasteiger partial charge is 0.221 e. The van der Waals surface area contributed by atoms with Crippen LogP contribution in [0.25, 0.3) is 0 Å². The first kappa shape index (κ1) is 15.5. The Balaban J connectivity index is 1.68. The highest BCUT2D eigenvalue weighted by Crippen LogP contribution is 2.18. The molecule has 2 rings (SSSR count). The Morgan fingerprint density at radius 3 is 2.52 bits per heavy atom. The molecule has 1 aromatic carbocycles. The normalized spacial score (nSPS) is 13.8. The van der Waals surface area contributed by atoms with Gasteiger partial charge in [-0.15, -0.1) is 0 Å². The molecule has 4 nitrogen and oxygen atoms in total. The summed E-state index contributed by atoms with van der Waals surface area (Å²) in [6, 6.07) is 10.6. The van der Waals surface area contributed by atoms with Gasteiger partial charge in [-0.3, -0.25) is 9.59 Å². The molecule has 0 saturated heterocycles. The van der Waals surface area contributed by atoms with Crippen LogP contribution in [-0.4, -0.2) is 35.8 Å². The van der Waals surface area contributed by atoms with E-state index in [4.69, 9.17) is 0 Å². The van der Waals surface area contributed by atoms with Gasteiger partial charge in [-0.2, -0.15) is 0 Å². The minimum absolute atomic E-state index is 0.0438. The van der Waals surface area contributed by atoms with Crippen molar-refractivity contribution in [2.45, 2.75) is 45.1 Å². The molecule has 0 atom stereocenters. The molecule has 0 bridgehead atoms. The van der Waals surface area contributed by atoms with E-state index >= 15 is 0 Å². The number of hydrogen-bond donors (Lipinski definition) is 1. The predicted molar refractivity (Wildman–Crippen MR) is 82.8 cm³/mol. The number of carbonyl (C=O) groups excluding carboxylic acids is 2. The monoisotopic (exact) mass is 288 g/mol. The van der Waals surface area contributed by atoms with E-state index in [0.717, 1.165) is 25.7 Å². The van der Waals surface area contributed by atoms with Gasteiger partial charge in [0.25, 0.3) is 0 Å². The van der Waals surface area contributed by atoms with Gasteiger partial charge in [-0.1, -0.05) is 30.3 Å². The molecule has 1 aliphatic rings. The third-order valence-corrected chi connectivity index (χ3v) is 3.73. The summed E-state index contributed by atoms with van der Waals surface area (Å²) in [5.41, 5.74) is 1.28. The zero-order chi connectivity index (χ0) is 15.1. The van der Waals surface area contributed by atoms with Gasteiger partial charge < -0.3 is 10.2 Å². The number of rotatable bonds is 8. The maximum Gasteiger partial charge on any atom is 0.221 e. The molecule has 1 aromatic rings. The van der Waals surface area contributed by atoms with Crippen LogP contribution < -0.4 is 5.32 Å². The van der Waals surface area contributed by atoms with Gasteiger partial charge in [-0.25, -0.2) is 0 Å². The third-order valence-electron chi connectivity index (χ3n) is 3.73. The zero-order valence-electron chi connectivity index (χ0n) is 12.7. The first-order valence-corrected chi connectivity index (χ1v) is 7.74. The van der Waals surface area contributed by atoms with E-state index < -0.39 is 0 Å². The molecule has 0 radical (unpaired) electrons. The van der Waals surface area contributed by atoms with Crippen molar-refractivity contribution in [1.82, 2.24) is 10.2 Å². The van der Waals surface area contributed by atoms with E-state index in [1.54, 1.807) is 11.8 Å². The van der Waals surface area contributed by atoms with Crippen molar-refractivity contribution in [2.24, 2.45) is 0 Å². The van der Waals surface area contributed by atoms with Gasteiger partial charge in [-0.05, 0) is 31.2 Å². The zero-order valence-corrected chi connectivity index (χ0v) is 12.7. The molecule has 0 heterocycles. The fraction of sp³-hybridized carbons (Fsp3) is 0.529. The minimum atomic E-state index is 0.0438. The second-order valence-corrected chi connectivity index (χ2v) is 5.69. The third kappa shape index (κ3) is 5.98. The van der Waals surface area contributed by atoms with Crippen molar-refractivity contribution in [3.05, 3.63) is 35.9 Å². The van der Waals surface area contributed by atoms with Crippen molar-refractivity contribution in [3.63, 3.8) is 0 Å². The van der Waals surface area contributed by atoms with Gasteiger partial charge in [0.2, 0.25) is 11.8 Å². The lowest BCUT2D eigenvalue weighted by Crippen LogP contribution is -2.35. The molecule has 4 heteroatoms. The van der Waals surface area contributed by atoms with Crippen LogP contribution in [0.4, 0.5) is 0 Å². The van der Waals surface area contributed by atoms with Crippen molar-refractivity contribution < 1.29 is 9.59 Å². The lowest BCUT2D eigenvalue weighted by atomic mass is 10.1. The van der Waals surface area contributed by atoms with E-state index in [9.17, 15) is 9.59 Å². The predicted octanol–water partition coefficient (Wildman–Crippen LogP) is 2.14. The fourth-order valence-corrected chi connectivity index (χ4v) is 2.31. The average molecular weight is 288 g/mol. The molecule has 0 spiro atoms. The van der Waals surface area contributed by atoms with E-state index in [2.05, 4.69) is 17.4 Å². The summed E-state index contributed by atoms with van der Waals surface area (Å²) in [5, 5.41) is 2.95. The van der Waals surface area contributed by atoms with Crippen molar-refractivity contribution in [1.29, 1.82) is 0 Å². The number of nitrogens with zero attached hydrogens (tertiary/aromatic N) is 1. The molecule has 0 unspecified atom stereocenters. The van der Waals surface area contributed by atoms with Crippen LogP contribution in [-0.2, 0) is 16.0 Å². The van der Waals surface area contributed by atoms with E-state index in [0.29, 0.717) is 25.6 Å². The number of aryl methyl sites for hydroxylation is 1. The van der Waals surface area contributed by atoms with Crippen molar-refractivity contribution in [2.75, 3.05) is 13.1 Å². The topological polar surface area (TPSA) is 49.4 Å². The van der Waals surface area contributed by atoms with Gasteiger partial charge in [0, 0.05) is 32.5 Å². The van der Waals surface area contributed by atoms with Crippen LogP contribution in [0.15, 0.2) is 30.3 Å². The first-order chi connectivity index (χ1) is 10.1. The average Bonchev–Trinajstić information content (AvgIpc) is 3.27. The van der Waals surface area contributed by atoms with Gasteiger partial charge >= 0.3 is 0 Å². The molecule has 0 aliphatic heterocycles. The molecular weight excluding hydrogens is 264 g/mol. The SMILES string of the molecule is CC(=O)N(CCCc1ccccc1)CCC(=O)NC1CC1. The number of carbonyl (C=O) groups is 2. The maximum atomic E-state index is 11.7. The fourth-order valence-electron chi connectivity index (χ4n) is 2.31. The number of benzene rings is 1. The Labute approximate surface area is 126 Å². The van der Waals surface area contributed by atoms with Crippen LogP contribution in [0.2, 0.25) is 0 Å². The quantitative estimate of drug-likeness (QED) is 0.796. The summed E-state index contributed by atoms with van der Waals surface area (Å²) >= 11 is 0. The summed E-state index contributed by atoms with van der Waals surface area (Å²) in [4.78, 5) is 25.1. The van der Waals surface area contributed by atoms with Crippen LogP contribution >= 0.6 is 0 Å². The molecule has 1 aliphatic carbocycles. The maximum absolute atomic E-state index is 11.7. The molecule has 1 saturated carbocycles. The molecule has 114 valence electrons. The first-order valence-electron chi connectivity index (χ1n) is 7.74. The highest BCUT2D eigenvalue weighted by atomic mass is 16.2.